The molecule has 1 saturated heterocycles. The van der Waals surface area contributed by atoms with E-state index in [2.05, 4.69) is 15.0 Å². The minimum atomic E-state index is -0.319. The van der Waals surface area contributed by atoms with Gasteiger partial charge in [-0.2, -0.15) is 28.6 Å². The number of halogens is 1. The quantitative estimate of drug-likeness (QED) is 0.462. The number of anilines is 2. The van der Waals surface area contributed by atoms with Crippen molar-refractivity contribution in [2.75, 3.05) is 17.2 Å². The molecule has 1 atom stereocenters. The lowest BCUT2D eigenvalue weighted by Crippen LogP contribution is -2.46. The Bertz CT molecular complexity index is 1520. The molecule has 34 heavy (non-hydrogen) atoms. The third-order valence-electron chi connectivity index (χ3n) is 5.71. The number of carbonyl (C=O) groups excluding carboxylic acids is 1. The summed E-state index contributed by atoms with van der Waals surface area (Å²) in [6, 6.07) is 10.6. The van der Waals surface area contributed by atoms with E-state index in [9.17, 15) is 9.59 Å². The lowest BCUT2D eigenvalue weighted by Gasteiger charge is -2.42. The summed E-state index contributed by atoms with van der Waals surface area (Å²) in [5.41, 5.74) is 6.86. The van der Waals surface area contributed by atoms with Crippen LogP contribution in [-0.2, 0) is 0 Å². The van der Waals surface area contributed by atoms with Crippen molar-refractivity contribution < 1.29 is 4.79 Å². The van der Waals surface area contributed by atoms with Crippen molar-refractivity contribution in [1.82, 2.24) is 24.1 Å². The second-order valence-corrected chi connectivity index (χ2v) is 7.92. The Kier molecular flexibility index (Phi) is 5.92. The fourth-order valence-corrected chi connectivity index (χ4v) is 4.38. The number of aliphatic imine (C=N–C) groups is 1. The third-order valence-corrected chi connectivity index (χ3v) is 6.01. The van der Waals surface area contributed by atoms with Crippen LogP contribution in [0.1, 0.15) is 36.1 Å². The second kappa shape index (κ2) is 8.58. The highest BCUT2D eigenvalue weighted by atomic mass is 35.5. The highest BCUT2D eigenvalue weighted by molar-refractivity contribution is 7.59. The van der Waals surface area contributed by atoms with Gasteiger partial charge in [0.2, 0.25) is 11.7 Å². The van der Waals surface area contributed by atoms with Crippen LogP contribution in [0.2, 0.25) is 5.02 Å². The normalized spacial score (nSPS) is 16.1. The van der Waals surface area contributed by atoms with Gasteiger partial charge in [-0.05, 0) is 24.6 Å². The summed E-state index contributed by atoms with van der Waals surface area (Å²) in [5, 5.41) is 5.06. The van der Waals surface area contributed by atoms with Crippen LogP contribution >= 0.6 is 25.1 Å². The van der Waals surface area contributed by atoms with Gasteiger partial charge in [-0.3, -0.25) is 14.2 Å². The molecular formula is C22H21ClN8O2S. The molecule has 0 bridgehead atoms. The van der Waals surface area contributed by atoms with Crippen LogP contribution in [0, 0.1) is 0 Å². The molecule has 5 heterocycles. The van der Waals surface area contributed by atoms with E-state index in [0.29, 0.717) is 46.4 Å². The Morgan fingerprint density at radius 3 is 2.56 bits per heavy atom. The Morgan fingerprint density at radius 2 is 1.85 bits per heavy atom. The van der Waals surface area contributed by atoms with Crippen LogP contribution in [0.3, 0.4) is 0 Å². The minimum Gasteiger partial charge on any atom is -0.368 e. The molecule has 12 heteroatoms. The molecule has 0 spiro atoms. The van der Waals surface area contributed by atoms with E-state index in [1.807, 2.05) is 35.2 Å². The van der Waals surface area contributed by atoms with Gasteiger partial charge < -0.3 is 10.6 Å². The van der Waals surface area contributed by atoms with Gasteiger partial charge in [0.05, 0.1) is 23.0 Å². The smallest absolute Gasteiger partial charge is 0.284 e. The Hall–Kier alpha value is -3.70. The van der Waals surface area contributed by atoms with Gasteiger partial charge in [0.1, 0.15) is 16.9 Å². The van der Waals surface area contributed by atoms with Gasteiger partial charge in [-0.15, -0.1) is 0 Å². The largest absolute Gasteiger partial charge is 0.368 e. The topological polar surface area (TPSA) is 124 Å². The number of nitrogen functional groups attached to an aromatic ring is 1. The van der Waals surface area contributed by atoms with Crippen LogP contribution in [-0.4, -0.2) is 42.7 Å². The molecule has 174 valence electrons. The number of hydrogen-bond donors (Lipinski definition) is 1. The van der Waals surface area contributed by atoms with E-state index in [1.54, 1.807) is 16.8 Å². The first-order chi connectivity index (χ1) is 15.5. The van der Waals surface area contributed by atoms with E-state index in [-0.39, 0.29) is 50.1 Å². The van der Waals surface area contributed by atoms with Gasteiger partial charge in [0.25, 0.3) is 5.56 Å². The van der Waals surface area contributed by atoms with E-state index < -0.39 is 0 Å². The Balaban J connectivity index is 0.00000137. The molecule has 0 unspecified atom stereocenters. The monoisotopic (exact) mass is 496 g/mol. The minimum absolute atomic E-state index is 0. The SMILES string of the molecule is C.Nc1nc2c(c(N3CC[C@H]3c3nn4ccc(Cl)c4c(=O)n3-c3ccccc3)n1)C(=O)C=N2.S. The summed E-state index contributed by atoms with van der Waals surface area (Å²) < 4.78 is 3.05. The molecule has 0 saturated carbocycles. The summed E-state index contributed by atoms with van der Waals surface area (Å²) in [4.78, 5) is 40.2. The van der Waals surface area contributed by atoms with Gasteiger partial charge in [-0.1, -0.05) is 37.2 Å². The van der Waals surface area contributed by atoms with Crippen molar-refractivity contribution in [3.8, 4) is 5.69 Å². The fraction of sp³-hybridized carbons (Fsp3) is 0.182. The van der Waals surface area contributed by atoms with Gasteiger partial charge in [0, 0.05) is 12.7 Å². The number of para-hydroxylation sites is 1. The van der Waals surface area contributed by atoms with Crippen LogP contribution in [0.5, 0.6) is 0 Å². The summed E-state index contributed by atoms with van der Waals surface area (Å²) >= 11 is 6.27. The number of nitrogens with zero attached hydrogens (tertiary/aromatic N) is 7. The van der Waals surface area contributed by atoms with E-state index in [4.69, 9.17) is 22.4 Å². The van der Waals surface area contributed by atoms with Crippen LogP contribution < -0.4 is 16.2 Å². The molecule has 0 aliphatic carbocycles. The summed E-state index contributed by atoms with van der Waals surface area (Å²) in [6.45, 7) is 0.607. The number of rotatable bonds is 3. The first kappa shape index (κ1) is 23.5. The molecule has 1 fully saturated rings. The number of Topliss-reactive ketones (excluding diaryl/α,β-unsaturated/α-hetero) is 1. The number of hydrogen-bond acceptors (Lipinski definition) is 8. The average Bonchev–Trinajstić information content (AvgIpc) is 3.30. The fourth-order valence-electron chi connectivity index (χ4n) is 4.16. The maximum atomic E-state index is 13.5. The molecular weight excluding hydrogens is 476 g/mol. The lowest BCUT2D eigenvalue weighted by molar-refractivity contribution is 0.107. The Morgan fingerprint density at radius 1 is 1.09 bits per heavy atom. The molecule has 2 aliphatic rings. The summed E-state index contributed by atoms with van der Waals surface area (Å²) in [5.74, 6) is 0.901. The highest BCUT2D eigenvalue weighted by Gasteiger charge is 2.39. The average molecular weight is 497 g/mol. The number of carbonyl (C=O) groups is 1. The van der Waals surface area contributed by atoms with Crippen molar-refractivity contribution in [1.29, 1.82) is 0 Å². The first-order valence-electron chi connectivity index (χ1n) is 9.90. The van der Waals surface area contributed by atoms with Crippen molar-refractivity contribution in [2.24, 2.45) is 4.99 Å². The standard InChI is InChI=1S/C21H15ClN8O2.CH4.H2S/c22-12-6-9-29-16(12)20(32)30(11-4-2-1-3-5-11)18(27-29)13-7-8-28(13)19-15-14(31)10-24-17(15)25-21(23)26-19;;/h1-6,9-10,13H,7-8H2,(H2,23,25,26);1H4;1H2/t13-;;/m0../s1. The highest BCUT2D eigenvalue weighted by Crippen LogP contribution is 2.41. The predicted octanol–water partition coefficient (Wildman–Crippen LogP) is 3.11. The molecule has 3 aromatic heterocycles. The number of aromatic nitrogens is 5. The summed E-state index contributed by atoms with van der Waals surface area (Å²) in [7, 11) is 0. The summed E-state index contributed by atoms with van der Waals surface area (Å²) in [6.07, 6.45) is 3.56. The van der Waals surface area contributed by atoms with E-state index >= 15 is 0 Å². The maximum Gasteiger partial charge on any atom is 0.284 e. The predicted molar refractivity (Wildman–Crippen MR) is 137 cm³/mol. The first-order valence-corrected chi connectivity index (χ1v) is 10.3. The molecule has 0 radical (unpaired) electrons. The number of ketones is 1. The van der Waals surface area contributed by atoms with Gasteiger partial charge in [0.15, 0.2) is 11.6 Å². The molecule has 0 amide bonds. The van der Waals surface area contributed by atoms with Crippen LogP contribution in [0.15, 0.2) is 52.4 Å². The van der Waals surface area contributed by atoms with Crippen LogP contribution in [0.4, 0.5) is 17.6 Å². The van der Waals surface area contributed by atoms with Crippen molar-refractivity contribution in [2.45, 2.75) is 19.9 Å². The number of benzene rings is 1. The molecule has 2 N–H and O–H groups in total. The van der Waals surface area contributed by atoms with E-state index in [1.165, 1.54) is 10.7 Å². The zero-order valence-electron chi connectivity index (χ0n) is 17.0. The van der Waals surface area contributed by atoms with Gasteiger partial charge in [-0.25, -0.2) is 9.51 Å². The van der Waals surface area contributed by atoms with Gasteiger partial charge >= 0.3 is 0 Å². The second-order valence-electron chi connectivity index (χ2n) is 7.52. The molecule has 4 aromatic rings. The van der Waals surface area contributed by atoms with Crippen molar-refractivity contribution in [3.05, 3.63) is 69.4 Å². The Labute approximate surface area is 206 Å². The molecule has 6 rings (SSSR count). The van der Waals surface area contributed by atoms with Crippen molar-refractivity contribution in [3.63, 3.8) is 0 Å². The molecule has 10 nitrogen and oxygen atoms in total. The third kappa shape index (κ3) is 3.35. The number of nitrogens with two attached hydrogens (primary N) is 1. The molecule has 2 aliphatic heterocycles. The maximum absolute atomic E-state index is 13.5. The molecule has 1 aromatic carbocycles. The van der Waals surface area contributed by atoms with E-state index in [0.717, 1.165) is 0 Å². The number of fused-ring (bicyclic) bond motifs is 2. The lowest BCUT2D eigenvalue weighted by atomic mass is 10.00. The van der Waals surface area contributed by atoms with Crippen LogP contribution in [0.25, 0.3) is 11.2 Å². The zero-order valence-corrected chi connectivity index (χ0v) is 18.8. The van der Waals surface area contributed by atoms with Crippen molar-refractivity contribution >= 4 is 60.2 Å². The zero-order chi connectivity index (χ0) is 22.0.